The Bertz CT molecular complexity index is 382. The Morgan fingerprint density at radius 1 is 1.47 bits per heavy atom. The van der Waals surface area contributed by atoms with Gasteiger partial charge in [0.15, 0.2) is 0 Å². The van der Waals surface area contributed by atoms with Crippen LogP contribution in [0.4, 0.5) is 5.69 Å². The smallest absolute Gasteiger partial charge is 0.224 e. The van der Waals surface area contributed by atoms with Crippen molar-refractivity contribution >= 4 is 23.2 Å². The Labute approximate surface area is 107 Å². The second-order valence-electron chi connectivity index (χ2n) is 3.98. The largest absolute Gasteiger partial charge is 0.330 e. The zero-order valence-electron chi connectivity index (χ0n) is 10.0. The maximum atomic E-state index is 11.6. The second kappa shape index (κ2) is 7.25. The molecule has 3 N–H and O–H groups in total. The van der Waals surface area contributed by atoms with Crippen molar-refractivity contribution in [2.45, 2.75) is 32.6 Å². The molecular weight excluding hydrogens is 238 g/mol. The molecule has 0 aromatic carbocycles. The van der Waals surface area contributed by atoms with Crippen molar-refractivity contribution in [3.8, 4) is 0 Å². The summed E-state index contributed by atoms with van der Waals surface area (Å²) in [4.78, 5) is 15.5. The molecule has 0 saturated heterocycles. The summed E-state index contributed by atoms with van der Waals surface area (Å²) in [6.45, 7) is 2.54. The van der Waals surface area contributed by atoms with E-state index in [0.29, 0.717) is 23.8 Å². The van der Waals surface area contributed by atoms with Gasteiger partial charge >= 0.3 is 0 Å². The molecule has 0 fully saturated rings. The van der Waals surface area contributed by atoms with E-state index < -0.39 is 0 Å². The van der Waals surface area contributed by atoms with E-state index in [1.54, 1.807) is 6.20 Å². The molecule has 17 heavy (non-hydrogen) atoms. The van der Waals surface area contributed by atoms with Crippen LogP contribution in [0.15, 0.2) is 12.3 Å². The van der Waals surface area contributed by atoms with Gasteiger partial charge in [-0.1, -0.05) is 18.0 Å². The number of halogens is 1. The first-order valence-electron chi connectivity index (χ1n) is 5.75. The zero-order valence-corrected chi connectivity index (χ0v) is 10.8. The van der Waals surface area contributed by atoms with Crippen molar-refractivity contribution in [1.29, 1.82) is 0 Å². The van der Waals surface area contributed by atoms with Gasteiger partial charge in [0, 0.05) is 6.42 Å². The van der Waals surface area contributed by atoms with Crippen LogP contribution in [0.3, 0.4) is 0 Å². The summed E-state index contributed by atoms with van der Waals surface area (Å²) in [5, 5.41) is 3.26. The minimum Gasteiger partial charge on any atom is -0.330 e. The second-order valence-corrected chi connectivity index (χ2v) is 4.34. The summed E-state index contributed by atoms with van der Waals surface area (Å²) in [5.74, 6) is 0.00513. The van der Waals surface area contributed by atoms with Crippen LogP contribution in [0.25, 0.3) is 0 Å². The van der Waals surface area contributed by atoms with Crippen molar-refractivity contribution in [3.05, 3.63) is 23.0 Å². The number of nitrogens with zero attached hydrogens (tertiary/aromatic N) is 1. The molecule has 0 saturated carbocycles. The van der Waals surface area contributed by atoms with E-state index in [1.807, 2.05) is 13.0 Å². The van der Waals surface area contributed by atoms with E-state index in [0.717, 1.165) is 24.8 Å². The van der Waals surface area contributed by atoms with Crippen LogP contribution in [0.2, 0.25) is 5.15 Å². The highest BCUT2D eigenvalue weighted by atomic mass is 35.5. The monoisotopic (exact) mass is 255 g/mol. The number of hydrogen-bond acceptors (Lipinski definition) is 3. The first-order chi connectivity index (χ1) is 8.13. The standard InChI is InChI=1S/C12H18ClN3O/c1-9-7-10(8-15-12(9)13)16-11(17)5-3-2-4-6-14/h7-8H,2-6,14H2,1H3,(H,16,17). The third-order valence-electron chi connectivity index (χ3n) is 2.41. The molecule has 0 radical (unpaired) electrons. The van der Waals surface area contributed by atoms with E-state index >= 15 is 0 Å². The minimum atomic E-state index is 0.00513. The van der Waals surface area contributed by atoms with Crippen LogP contribution < -0.4 is 11.1 Å². The quantitative estimate of drug-likeness (QED) is 0.606. The fourth-order valence-electron chi connectivity index (χ4n) is 1.46. The molecule has 1 amide bonds. The highest BCUT2D eigenvalue weighted by Gasteiger charge is 2.04. The van der Waals surface area contributed by atoms with Crippen molar-refractivity contribution in [2.75, 3.05) is 11.9 Å². The Morgan fingerprint density at radius 3 is 2.88 bits per heavy atom. The van der Waals surface area contributed by atoms with Crippen molar-refractivity contribution in [3.63, 3.8) is 0 Å². The molecule has 94 valence electrons. The van der Waals surface area contributed by atoms with Gasteiger partial charge in [0.1, 0.15) is 5.15 Å². The van der Waals surface area contributed by atoms with Gasteiger partial charge in [-0.25, -0.2) is 4.98 Å². The molecule has 1 rings (SSSR count). The molecule has 5 heteroatoms. The molecule has 1 aromatic heterocycles. The van der Waals surface area contributed by atoms with Crippen molar-refractivity contribution in [1.82, 2.24) is 4.98 Å². The van der Waals surface area contributed by atoms with Gasteiger partial charge in [0.25, 0.3) is 0 Å². The van der Waals surface area contributed by atoms with Gasteiger partial charge in [0.2, 0.25) is 5.91 Å². The predicted molar refractivity (Wildman–Crippen MR) is 70.1 cm³/mol. The normalized spacial score (nSPS) is 10.3. The van der Waals surface area contributed by atoms with Crippen LogP contribution in [0.1, 0.15) is 31.2 Å². The van der Waals surface area contributed by atoms with Gasteiger partial charge in [-0.05, 0) is 37.9 Å². The van der Waals surface area contributed by atoms with Crippen LogP contribution in [-0.4, -0.2) is 17.4 Å². The van der Waals surface area contributed by atoms with Crippen LogP contribution in [0.5, 0.6) is 0 Å². The van der Waals surface area contributed by atoms with Crippen LogP contribution >= 0.6 is 11.6 Å². The van der Waals surface area contributed by atoms with Gasteiger partial charge in [-0.3, -0.25) is 4.79 Å². The van der Waals surface area contributed by atoms with E-state index in [-0.39, 0.29) is 5.91 Å². The maximum Gasteiger partial charge on any atom is 0.224 e. The number of rotatable bonds is 6. The van der Waals surface area contributed by atoms with Crippen LogP contribution in [-0.2, 0) is 4.79 Å². The average Bonchev–Trinajstić information content (AvgIpc) is 2.30. The lowest BCUT2D eigenvalue weighted by Crippen LogP contribution is -2.11. The summed E-state index contributed by atoms with van der Waals surface area (Å²) in [7, 11) is 0. The van der Waals surface area contributed by atoms with Crippen molar-refractivity contribution < 1.29 is 4.79 Å². The summed E-state index contributed by atoms with van der Waals surface area (Å²) in [6.07, 6.45) is 4.90. The Morgan fingerprint density at radius 2 is 2.24 bits per heavy atom. The molecule has 1 heterocycles. The molecule has 0 atom stereocenters. The molecule has 0 aliphatic carbocycles. The number of carbonyl (C=O) groups is 1. The highest BCUT2D eigenvalue weighted by molar-refractivity contribution is 6.30. The number of aromatic nitrogens is 1. The lowest BCUT2D eigenvalue weighted by Gasteiger charge is -2.06. The molecular formula is C12H18ClN3O. The summed E-state index contributed by atoms with van der Waals surface area (Å²) in [5.41, 5.74) is 6.92. The molecule has 4 nitrogen and oxygen atoms in total. The predicted octanol–water partition coefficient (Wildman–Crippen LogP) is 2.50. The topological polar surface area (TPSA) is 68.0 Å². The molecule has 1 aromatic rings. The van der Waals surface area contributed by atoms with E-state index in [1.165, 1.54) is 0 Å². The van der Waals surface area contributed by atoms with E-state index in [4.69, 9.17) is 17.3 Å². The van der Waals surface area contributed by atoms with Crippen LogP contribution in [0, 0.1) is 6.92 Å². The van der Waals surface area contributed by atoms with E-state index in [9.17, 15) is 4.79 Å². The first kappa shape index (κ1) is 13.9. The number of unbranched alkanes of at least 4 members (excludes halogenated alkanes) is 2. The Hall–Kier alpha value is -1.13. The van der Waals surface area contributed by atoms with E-state index in [2.05, 4.69) is 10.3 Å². The van der Waals surface area contributed by atoms with Crippen molar-refractivity contribution in [2.24, 2.45) is 5.73 Å². The van der Waals surface area contributed by atoms with Gasteiger partial charge < -0.3 is 11.1 Å². The van der Waals surface area contributed by atoms with Gasteiger partial charge in [0.05, 0.1) is 11.9 Å². The molecule has 0 aliphatic rings. The number of pyridine rings is 1. The summed E-state index contributed by atoms with van der Waals surface area (Å²) >= 11 is 5.80. The minimum absolute atomic E-state index is 0.00513. The third kappa shape index (κ3) is 5.15. The summed E-state index contributed by atoms with van der Waals surface area (Å²) in [6, 6.07) is 1.81. The zero-order chi connectivity index (χ0) is 12.7. The number of nitrogens with two attached hydrogens (primary N) is 1. The maximum absolute atomic E-state index is 11.6. The number of aryl methyl sites for hydroxylation is 1. The lowest BCUT2D eigenvalue weighted by atomic mass is 10.2. The molecule has 0 spiro atoms. The molecule has 0 unspecified atom stereocenters. The number of anilines is 1. The number of amides is 1. The Balaban J connectivity index is 2.37. The average molecular weight is 256 g/mol. The summed E-state index contributed by atoms with van der Waals surface area (Å²) < 4.78 is 0. The number of carbonyl (C=O) groups excluding carboxylic acids is 1. The molecule has 0 bridgehead atoms. The fraction of sp³-hybridized carbons (Fsp3) is 0.500. The molecule has 0 aliphatic heterocycles. The van der Waals surface area contributed by atoms with Gasteiger partial charge in [-0.15, -0.1) is 0 Å². The number of nitrogens with one attached hydrogen (secondary N) is 1. The lowest BCUT2D eigenvalue weighted by molar-refractivity contribution is -0.116. The Kier molecular flexibility index (Phi) is 5.94. The van der Waals surface area contributed by atoms with Gasteiger partial charge in [-0.2, -0.15) is 0 Å². The fourth-order valence-corrected chi connectivity index (χ4v) is 1.56. The third-order valence-corrected chi connectivity index (χ3v) is 2.80. The highest BCUT2D eigenvalue weighted by Crippen LogP contribution is 2.16. The number of hydrogen-bond donors (Lipinski definition) is 2. The first-order valence-corrected chi connectivity index (χ1v) is 6.13. The SMILES string of the molecule is Cc1cc(NC(=O)CCCCCN)cnc1Cl.